The van der Waals surface area contributed by atoms with E-state index in [-0.39, 0.29) is 23.7 Å². The van der Waals surface area contributed by atoms with Crippen molar-refractivity contribution in [2.45, 2.75) is 33.2 Å². The van der Waals surface area contributed by atoms with E-state index in [1.165, 1.54) is 4.90 Å². The van der Waals surface area contributed by atoms with Crippen molar-refractivity contribution in [2.75, 3.05) is 13.2 Å². The van der Waals surface area contributed by atoms with Gasteiger partial charge in [-0.1, -0.05) is 31.5 Å². The molecule has 142 valence electrons. The van der Waals surface area contributed by atoms with Crippen LogP contribution in [-0.2, 0) is 20.9 Å². The molecule has 0 radical (unpaired) electrons. The Balaban J connectivity index is 1.93. The number of carbonyl (C=O) groups excluding carboxylic acids is 3. The number of hydrogen-bond acceptors (Lipinski definition) is 5. The molecule has 0 atom stereocenters. The number of thioether (sulfide) groups is 1. The number of amides is 2. The number of aromatic nitrogens is 1. The van der Waals surface area contributed by atoms with Crippen molar-refractivity contribution in [3.8, 4) is 0 Å². The maximum Gasteiger partial charge on any atom is 0.325 e. The Bertz CT molecular complexity index is 916. The minimum absolute atomic E-state index is 0.0974. The number of nitrogens with zero attached hydrogens (tertiary/aromatic N) is 2. The standard InChI is InChI=1S/C20H22N2O4S/c1-3-5-10-22-19(24)17(27-20(22)25)11-14-12-21(13-18(23)26-4-2)16-9-7-6-8-15(14)16/h6-9,11-12H,3-5,10,13H2,1-2H3/b17-11-. The van der Waals surface area contributed by atoms with Crippen LogP contribution in [0.2, 0.25) is 0 Å². The first-order valence-electron chi connectivity index (χ1n) is 9.04. The van der Waals surface area contributed by atoms with Crippen molar-refractivity contribution >= 4 is 45.9 Å². The maximum atomic E-state index is 12.6. The van der Waals surface area contributed by atoms with Crippen LogP contribution in [0.1, 0.15) is 32.3 Å². The number of benzene rings is 1. The first-order valence-corrected chi connectivity index (χ1v) is 9.85. The van der Waals surface area contributed by atoms with Gasteiger partial charge in [-0.05, 0) is 37.2 Å². The molecule has 0 N–H and O–H groups in total. The van der Waals surface area contributed by atoms with Crippen LogP contribution in [0, 0.1) is 0 Å². The second kappa shape index (κ2) is 8.43. The zero-order chi connectivity index (χ0) is 19.4. The van der Waals surface area contributed by atoms with Crippen LogP contribution in [0.25, 0.3) is 17.0 Å². The van der Waals surface area contributed by atoms with Gasteiger partial charge in [0.1, 0.15) is 6.54 Å². The first-order chi connectivity index (χ1) is 13.0. The monoisotopic (exact) mass is 386 g/mol. The highest BCUT2D eigenvalue weighted by Crippen LogP contribution is 2.34. The molecule has 2 aromatic rings. The second-order valence-corrected chi connectivity index (χ2v) is 7.21. The molecular weight excluding hydrogens is 364 g/mol. The predicted octanol–water partition coefficient (Wildman–Crippen LogP) is 4.04. The molecule has 1 aliphatic heterocycles. The summed E-state index contributed by atoms with van der Waals surface area (Å²) in [6, 6.07) is 7.65. The lowest BCUT2D eigenvalue weighted by Crippen LogP contribution is -2.29. The lowest BCUT2D eigenvalue weighted by atomic mass is 10.1. The van der Waals surface area contributed by atoms with Crippen LogP contribution < -0.4 is 0 Å². The van der Waals surface area contributed by atoms with Crippen LogP contribution in [0.5, 0.6) is 0 Å². The van der Waals surface area contributed by atoms with Crippen LogP contribution in [0.15, 0.2) is 35.4 Å². The Kier molecular flexibility index (Phi) is 6.01. The summed E-state index contributed by atoms with van der Waals surface area (Å²) in [7, 11) is 0. The van der Waals surface area contributed by atoms with Crippen LogP contribution in [0.4, 0.5) is 4.79 Å². The Labute approximate surface area is 162 Å². The van der Waals surface area contributed by atoms with Crippen LogP contribution >= 0.6 is 11.8 Å². The fraction of sp³-hybridized carbons (Fsp3) is 0.350. The molecule has 1 aromatic heterocycles. The van der Waals surface area contributed by atoms with Gasteiger partial charge in [-0.2, -0.15) is 0 Å². The van der Waals surface area contributed by atoms with E-state index in [2.05, 4.69) is 0 Å². The van der Waals surface area contributed by atoms with Crippen molar-refractivity contribution in [2.24, 2.45) is 0 Å². The lowest BCUT2D eigenvalue weighted by Gasteiger charge is -2.10. The number of ether oxygens (including phenoxy) is 1. The average Bonchev–Trinajstić information content (AvgIpc) is 3.12. The molecule has 2 heterocycles. The van der Waals surface area contributed by atoms with E-state index < -0.39 is 0 Å². The summed E-state index contributed by atoms with van der Waals surface area (Å²) in [6.07, 6.45) is 5.27. The van der Waals surface area contributed by atoms with E-state index in [4.69, 9.17) is 4.74 Å². The molecule has 1 saturated heterocycles. The zero-order valence-corrected chi connectivity index (χ0v) is 16.3. The summed E-state index contributed by atoms with van der Waals surface area (Å²) in [4.78, 5) is 38.3. The van der Waals surface area contributed by atoms with Gasteiger partial charge in [0.25, 0.3) is 11.1 Å². The van der Waals surface area contributed by atoms with Crippen LogP contribution in [0.3, 0.4) is 0 Å². The molecule has 2 amide bonds. The van der Waals surface area contributed by atoms with Crippen LogP contribution in [-0.4, -0.2) is 39.7 Å². The smallest absolute Gasteiger partial charge is 0.325 e. The molecule has 27 heavy (non-hydrogen) atoms. The minimum atomic E-state index is -0.315. The molecule has 0 saturated carbocycles. The van der Waals surface area contributed by atoms with Crippen molar-refractivity contribution in [1.82, 2.24) is 9.47 Å². The Morgan fingerprint density at radius 2 is 2.00 bits per heavy atom. The quantitative estimate of drug-likeness (QED) is 0.531. The lowest BCUT2D eigenvalue weighted by molar-refractivity contribution is -0.143. The highest BCUT2D eigenvalue weighted by Gasteiger charge is 2.34. The van der Waals surface area contributed by atoms with Gasteiger partial charge in [0.2, 0.25) is 0 Å². The summed E-state index contributed by atoms with van der Waals surface area (Å²) in [5, 5.41) is 0.692. The van der Waals surface area contributed by atoms with E-state index in [1.807, 2.05) is 37.4 Å². The second-order valence-electron chi connectivity index (χ2n) is 6.22. The molecule has 1 aliphatic rings. The van der Waals surface area contributed by atoms with E-state index in [9.17, 15) is 14.4 Å². The van der Waals surface area contributed by atoms with Gasteiger partial charge in [-0.15, -0.1) is 0 Å². The molecule has 0 aliphatic carbocycles. The van der Waals surface area contributed by atoms with Gasteiger partial charge in [-0.3, -0.25) is 19.3 Å². The Morgan fingerprint density at radius 1 is 1.22 bits per heavy atom. The molecule has 7 heteroatoms. The molecule has 0 unspecified atom stereocenters. The van der Waals surface area contributed by atoms with E-state index >= 15 is 0 Å². The Hall–Kier alpha value is -2.54. The number of unbranched alkanes of at least 4 members (excludes halogenated alkanes) is 1. The number of esters is 1. The van der Waals surface area contributed by atoms with Gasteiger partial charge < -0.3 is 9.30 Å². The van der Waals surface area contributed by atoms with E-state index in [0.717, 1.165) is 41.1 Å². The highest BCUT2D eigenvalue weighted by atomic mass is 32.2. The maximum absolute atomic E-state index is 12.6. The van der Waals surface area contributed by atoms with Crippen molar-refractivity contribution < 1.29 is 19.1 Å². The van der Waals surface area contributed by atoms with Gasteiger partial charge >= 0.3 is 5.97 Å². The third kappa shape index (κ3) is 4.08. The van der Waals surface area contributed by atoms with Crippen molar-refractivity contribution in [1.29, 1.82) is 0 Å². The molecule has 1 aromatic carbocycles. The third-order valence-electron chi connectivity index (χ3n) is 4.32. The SMILES string of the molecule is CCCCN1C(=O)S/C(=C\c2cn(CC(=O)OCC)c3ccccc23)C1=O. The normalized spacial score (nSPS) is 15.9. The summed E-state index contributed by atoms with van der Waals surface area (Å²) in [6.45, 7) is 4.66. The van der Waals surface area contributed by atoms with Gasteiger partial charge in [0.05, 0.1) is 11.5 Å². The zero-order valence-electron chi connectivity index (χ0n) is 15.4. The molecule has 3 rings (SSSR count). The summed E-state index contributed by atoms with van der Waals surface area (Å²) in [5.74, 6) is -0.564. The molecular formula is C20H22N2O4S. The molecule has 0 spiro atoms. The van der Waals surface area contributed by atoms with Crippen molar-refractivity contribution in [3.05, 3.63) is 40.9 Å². The number of fused-ring (bicyclic) bond motifs is 1. The fourth-order valence-electron chi connectivity index (χ4n) is 3.02. The van der Waals surface area contributed by atoms with Gasteiger partial charge in [0, 0.05) is 29.2 Å². The molecule has 0 bridgehead atoms. The fourth-order valence-corrected chi connectivity index (χ4v) is 3.87. The predicted molar refractivity (Wildman–Crippen MR) is 106 cm³/mol. The molecule has 6 nitrogen and oxygen atoms in total. The average molecular weight is 386 g/mol. The number of para-hydroxylation sites is 1. The van der Waals surface area contributed by atoms with Crippen molar-refractivity contribution in [3.63, 3.8) is 0 Å². The number of hydrogen-bond donors (Lipinski definition) is 0. The third-order valence-corrected chi connectivity index (χ3v) is 5.23. The summed E-state index contributed by atoms with van der Waals surface area (Å²) in [5.41, 5.74) is 1.68. The first kappa shape index (κ1) is 19.2. The summed E-state index contributed by atoms with van der Waals surface area (Å²) < 4.78 is 6.84. The highest BCUT2D eigenvalue weighted by molar-refractivity contribution is 8.18. The largest absolute Gasteiger partial charge is 0.465 e. The van der Waals surface area contributed by atoms with E-state index in [0.29, 0.717) is 18.1 Å². The number of carbonyl (C=O) groups is 3. The number of rotatable bonds is 7. The number of imide groups is 1. The topological polar surface area (TPSA) is 68.6 Å². The van der Waals surface area contributed by atoms with E-state index in [1.54, 1.807) is 17.6 Å². The Morgan fingerprint density at radius 3 is 2.74 bits per heavy atom. The minimum Gasteiger partial charge on any atom is -0.465 e. The van der Waals surface area contributed by atoms with Gasteiger partial charge in [0.15, 0.2) is 0 Å². The van der Waals surface area contributed by atoms with Gasteiger partial charge in [-0.25, -0.2) is 0 Å². The summed E-state index contributed by atoms with van der Waals surface area (Å²) >= 11 is 0.965. The molecule has 1 fully saturated rings.